The van der Waals surface area contributed by atoms with E-state index in [2.05, 4.69) is 63.8 Å². The Balaban J connectivity index is 3.11. The Morgan fingerprint density at radius 2 is 1.85 bits per heavy atom. The van der Waals surface area contributed by atoms with Gasteiger partial charge in [0.15, 0.2) is 0 Å². The molecule has 0 bridgehead atoms. The zero-order chi connectivity index (χ0) is 15.7. The third-order valence-electron chi connectivity index (χ3n) is 4.49. The summed E-state index contributed by atoms with van der Waals surface area (Å²) in [5, 5.41) is 3.58. The van der Waals surface area contributed by atoms with E-state index in [0.29, 0.717) is 11.8 Å². The fraction of sp³-hybridized carbons (Fsp3) is 0.938. The van der Waals surface area contributed by atoms with E-state index in [-0.39, 0.29) is 18.1 Å². The summed E-state index contributed by atoms with van der Waals surface area (Å²) in [4.78, 5) is 17.2. The Morgan fingerprint density at radius 3 is 2.20 bits per heavy atom. The predicted octanol–water partition coefficient (Wildman–Crippen LogP) is 2.16. The number of carbonyl (C=O) groups excluding carboxylic acids is 1. The van der Waals surface area contributed by atoms with Crippen LogP contribution in [0.3, 0.4) is 0 Å². The number of likely N-dealkylation sites (N-methyl/N-ethyl adjacent to an activating group) is 1. The van der Waals surface area contributed by atoms with Gasteiger partial charge in [0.05, 0.1) is 11.7 Å². The van der Waals surface area contributed by atoms with Gasteiger partial charge < -0.3 is 9.80 Å². The van der Waals surface area contributed by atoms with Gasteiger partial charge in [0.1, 0.15) is 0 Å². The lowest BCUT2D eigenvalue weighted by molar-refractivity contribution is -0.137. The largest absolute Gasteiger partial charge is 0.321 e. The van der Waals surface area contributed by atoms with Crippen LogP contribution in [0, 0.1) is 11.8 Å². The fourth-order valence-electron chi connectivity index (χ4n) is 2.96. The molecule has 0 aromatic heterocycles. The van der Waals surface area contributed by atoms with Gasteiger partial charge in [0, 0.05) is 12.6 Å². The molecule has 4 heteroatoms. The normalized spacial score (nSPS) is 29.1. The summed E-state index contributed by atoms with van der Waals surface area (Å²) in [6.07, 6.45) is 0.970. The van der Waals surface area contributed by atoms with E-state index in [1.165, 1.54) is 0 Å². The molecule has 1 N–H and O–H groups in total. The predicted molar refractivity (Wildman–Crippen MR) is 84.5 cm³/mol. The number of rotatable bonds is 6. The van der Waals surface area contributed by atoms with Gasteiger partial charge in [-0.25, -0.2) is 0 Å². The first-order valence-corrected chi connectivity index (χ1v) is 7.89. The highest BCUT2D eigenvalue weighted by Gasteiger charge is 2.50. The van der Waals surface area contributed by atoms with Gasteiger partial charge in [-0.15, -0.1) is 0 Å². The Bertz CT molecular complexity index is 341. The minimum Gasteiger partial charge on any atom is -0.321 e. The highest BCUT2D eigenvalue weighted by molar-refractivity contribution is 5.88. The van der Waals surface area contributed by atoms with Gasteiger partial charge >= 0.3 is 0 Å². The maximum absolute atomic E-state index is 12.9. The highest BCUT2D eigenvalue weighted by atomic mass is 16.2. The third kappa shape index (κ3) is 3.34. The summed E-state index contributed by atoms with van der Waals surface area (Å²) in [5.41, 5.74) is -0.408. The first kappa shape index (κ1) is 17.4. The van der Waals surface area contributed by atoms with Gasteiger partial charge in [-0.3, -0.25) is 10.1 Å². The van der Waals surface area contributed by atoms with Crippen LogP contribution in [0.25, 0.3) is 0 Å². The molecular formula is C16H33N3O. The van der Waals surface area contributed by atoms with Crippen molar-refractivity contribution >= 4 is 5.91 Å². The molecular weight excluding hydrogens is 250 g/mol. The fourth-order valence-corrected chi connectivity index (χ4v) is 2.96. The monoisotopic (exact) mass is 283 g/mol. The molecule has 3 atom stereocenters. The van der Waals surface area contributed by atoms with Gasteiger partial charge in [-0.05, 0) is 39.3 Å². The molecule has 0 aliphatic carbocycles. The molecule has 1 aliphatic rings. The summed E-state index contributed by atoms with van der Waals surface area (Å²) >= 11 is 0. The third-order valence-corrected chi connectivity index (χ3v) is 4.49. The number of hydrogen-bond acceptors (Lipinski definition) is 3. The Kier molecular flexibility index (Phi) is 5.61. The van der Waals surface area contributed by atoms with Crippen molar-refractivity contribution in [1.82, 2.24) is 15.1 Å². The molecule has 20 heavy (non-hydrogen) atoms. The summed E-state index contributed by atoms with van der Waals surface area (Å²) in [6.45, 7) is 13.8. The van der Waals surface area contributed by atoms with Crippen LogP contribution in [-0.2, 0) is 4.79 Å². The van der Waals surface area contributed by atoms with Crippen molar-refractivity contribution in [3.8, 4) is 0 Å². The molecule has 118 valence electrons. The molecule has 1 saturated heterocycles. The Hall–Kier alpha value is -0.610. The van der Waals surface area contributed by atoms with Gasteiger partial charge in [-0.2, -0.15) is 0 Å². The summed E-state index contributed by atoms with van der Waals surface area (Å²) in [5.74, 6) is 1.12. The molecule has 1 fully saturated rings. The first-order chi connectivity index (χ1) is 9.14. The first-order valence-electron chi connectivity index (χ1n) is 7.89. The lowest BCUT2D eigenvalue weighted by Crippen LogP contribution is -2.53. The van der Waals surface area contributed by atoms with Crippen molar-refractivity contribution in [2.75, 3.05) is 20.6 Å². The van der Waals surface area contributed by atoms with E-state index in [1.807, 2.05) is 6.92 Å². The average Bonchev–Trinajstić information content (AvgIpc) is 2.60. The molecule has 4 nitrogen and oxygen atoms in total. The second kappa shape index (κ2) is 6.44. The van der Waals surface area contributed by atoms with Crippen molar-refractivity contribution in [3.63, 3.8) is 0 Å². The van der Waals surface area contributed by atoms with Crippen molar-refractivity contribution in [3.05, 3.63) is 0 Å². The van der Waals surface area contributed by atoms with Crippen LogP contribution < -0.4 is 5.32 Å². The standard InChI is InChI=1S/C16H33N3O/c1-9-16(6)15(20)19(14(17-16)12(4)5)13(11(2)3)10-18(7)8/h11-14,17H,9-10H2,1-8H3. The van der Waals surface area contributed by atoms with Crippen LogP contribution in [-0.4, -0.2) is 54.1 Å². The van der Waals surface area contributed by atoms with E-state index in [1.54, 1.807) is 0 Å². The second-order valence-corrected chi connectivity index (χ2v) is 7.30. The highest BCUT2D eigenvalue weighted by Crippen LogP contribution is 2.31. The van der Waals surface area contributed by atoms with Crippen LogP contribution in [0.4, 0.5) is 0 Å². The van der Waals surface area contributed by atoms with Crippen molar-refractivity contribution in [1.29, 1.82) is 0 Å². The molecule has 0 spiro atoms. The second-order valence-electron chi connectivity index (χ2n) is 7.30. The SMILES string of the molecule is CCC1(C)NC(C(C)C)N(C(CN(C)C)C(C)C)C1=O. The minimum atomic E-state index is -0.408. The average molecular weight is 283 g/mol. The van der Waals surface area contributed by atoms with Crippen molar-refractivity contribution in [2.45, 2.75) is 65.7 Å². The molecule has 0 saturated carbocycles. The van der Waals surface area contributed by atoms with Crippen LogP contribution >= 0.6 is 0 Å². The number of nitrogens with zero attached hydrogens (tertiary/aromatic N) is 2. The van der Waals surface area contributed by atoms with Crippen LogP contribution in [0.15, 0.2) is 0 Å². The smallest absolute Gasteiger partial charge is 0.244 e. The number of nitrogens with one attached hydrogen (secondary N) is 1. The molecule has 1 heterocycles. The van der Waals surface area contributed by atoms with E-state index in [4.69, 9.17) is 0 Å². The van der Waals surface area contributed by atoms with Crippen molar-refractivity contribution < 1.29 is 4.79 Å². The topological polar surface area (TPSA) is 35.6 Å². The number of carbonyl (C=O) groups is 1. The molecule has 0 radical (unpaired) electrons. The zero-order valence-corrected chi connectivity index (χ0v) is 14.5. The van der Waals surface area contributed by atoms with Gasteiger partial charge in [-0.1, -0.05) is 34.6 Å². The molecule has 1 amide bonds. The van der Waals surface area contributed by atoms with Gasteiger partial charge in [0.2, 0.25) is 5.91 Å². The number of hydrogen-bond donors (Lipinski definition) is 1. The van der Waals surface area contributed by atoms with Crippen LogP contribution in [0.5, 0.6) is 0 Å². The number of amides is 1. The lowest BCUT2D eigenvalue weighted by Gasteiger charge is -2.38. The summed E-state index contributed by atoms with van der Waals surface area (Å²) in [7, 11) is 4.15. The van der Waals surface area contributed by atoms with E-state index < -0.39 is 5.54 Å². The van der Waals surface area contributed by atoms with Crippen LogP contribution in [0.2, 0.25) is 0 Å². The quantitative estimate of drug-likeness (QED) is 0.811. The zero-order valence-electron chi connectivity index (χ0n) is 14.5. The van der Waals surface area contributed by atoms with Gasteiger partial charge in [0.25, 0.3) is 0 Å². The van der Waals surface area contributed by atoms with E-state index >= 15 is 0 Å². The van der Waals surface area contributed by atoms with Crippen molar-refractivity contribution in [2.24, 2.45) is 11.8 Å². The van der Waals surface area contributed by atoms with E-state index in [0.717, 1.165) is 13.0 Å². The van der Waals surface area contributed by atoms with E-state index in [9.17, 15) is 4.79 Å². The summed E-state index contributed by atoms with van der Waals surface area (Å²) in [6, 6.07) is 0.255. The molecule has 1 rings (SSSR count). The lowest BCUT2D eigenvalue weighted by atomic mass is 9.96. The minimum absolute atomic E-state index is 0.139. The van der Waals surface area contributed by atoms with Crippen LogP contribution in [0.1, 0.15) is 48.0 Å². The molecule has 0 aromatic carbocycles. The molecule has 1 aliphatic heterocycles. The summed E-state index contributed by atoms with van der Waals surface area (Å²) < 4.78 is 0. The maximum atomic E-state index is 12.9. The maximum Gasteiger partial charge on any atom is 0.244 e. The Morgan fingerprint density at radius 1 is 1.30 bits per heavy atom. The Labute approximate surface area is 124 Å². The molecule has 0 aromatic rings. The molecule has 3 unspecified atom stereocenters.